The maximum absolute atomic E-state index is 13.3. The zero-order valence-electron chi connectivity index (χ0n) is 20.2. The van der Waals surface area contributed by atoms with Crippen molar-refractivity contribution in [3.63, 3.8) is 0 Å². The van der Waals surface area contributed by atoms with Crippen LogP contribution >= 0.6 is 0 Å². The average Bonchev–Trinajstić information content (AvgIpc) is 3.12. The molecule has 0 spiro atoms. The predicted octanol–water partition coefficient (Wildman–Crippen LogP) is 5.82. The van der Waals surface area contributed by atoms with Gasteiger partial charge in [0.1, 0.15) is 11.5 Å². The molecule has 9 heteroatoms. The van der Waals surface area contributed by atoms with E-state index >= 15 is 0 Å². The van der Waals surface area contributed by atoms with E-state index in [0.717, 1.165) is 24.1 Å². The number of Topliss-reactive ketones (excluding diaryl/α,β-unsaturated/α-hetero) is 1. The minimum atomic E-state index is -4.56. The number of carbonyl (C=O) groups is 2. The highest BCUT2D eigenvalue weighted by Gasteiger charge is 2.46. The number of benzene rings is 2. The number of aryl methyl sites for hydroxylation is 1. The summed E-state index contributed by atoms with van der Waals surface area (Å²) in [7, 11) is 0. The second-order valence-corrected chi connectivity index (χ2v) is 8.73. The summed E-state index contributed by atoms with van der Waals surface area (Å²) >= 11 is 0. The van der Waals surface area contributed by atoms with E-state index in [-0.39, 0.29) is 23.4 Å². The van der Waals surface area contributed by atoms with Crippen molar-refractivity contribution < 1.29 is 32.6 Å². The molecule has 6 nitrogen and oxygen atoms in total. The van der Waals surface area contributed by atoms with Crippen LogP contribution in [-0.2, 0) is 22.3 Å². The summed E-state index contributed by atoms with van der Waals surface area (Å²) in [5, 5.41) is 11.2. The number of nitrogens with zero attached hydrogens (tertiary/aromatic N) is 2. The molecule has 1 atom stereocenters. The molecule has 192 valence electrons. The predicted molar refractivity (Wildman–Crippen MR) is 130 cm³/mol. The van der Waals surface area contributed by atoms with Crippen LogP contribution in [0.25, 0.3) is 5.76 Å². The van der Waals surface area contributed by atoms with E-state index in [1.165, 1.54) is 29.4 Å². The maximum Gasteiger partial charge on any atom is 0.416 e. The fourth-order valence-electron chi connectivity index (χ4n) is 4.30. The lowest BCUT2D eigenvalue weighted by Crippen LogP contribution is -2.29. The maximum atomic E-state index is 13.3. The Labute approximate surface area is 212 Å². The molecule has 1 unspecified atom stereocenters. The van der Waals surface area contributed by atoms with E-state index in [9.17, 15) is 27.9 Å². The van der Waals surface area contributed by atoms with Crippen LogP contribution in [0.3, 0.4) is 0 Å². The number of carbonyl (C=O) groups excluding carboxylic acids is 2. The zero-order chi connectivity index (χ0) is 26.7. The summed E-state index contributed by atoms with van der Waals surface area (Å²) in [6.45, 7) is 4.04. The van der Waals surface area contributed by atoms with Crippen molar-refractivity contribution in [2.24, 2.45) is 0 Å². The van der Waals surface area contributed by atoms with E-state index in [2.05, 4.69) is 4.98 Å². The highest BCUT2D eigenvalue weighted by Crippen LogP contribution is 2.41. The number of likely N-dealkylation sites (tertiary alicyclic amines) is 1. The first-order valence-corrected chi connectivity index (χ1v) is 11.7. The summed E-state index contributed by atoms with van der Waals surface area (Å²) in [6, 6.07) is 11.7. The van der Waals surface area contributed by atoms with Gasteiger partial charge in [-0.3, -0.25) is 14.6 Å². The number of hydrogen-bond acceptors (Lipinski definition) is 5. The Morgan fingerprint density at radius 3 is 2.46 bits per heavy atom. The van der Waals surface area contributed by atoms with Gasteiger partial charge in [-0.1, -0.05) is 19.1 Å². The summed E-state index contributed by atoms with van der Waals surface area (Å²) in [5.74, 6) is -1.58. The van der Waals surface area contributed by atoms with Gasteiger partial charge in [-0.25, -0.2) is 0 Å². The number of alkyl halides is 3. The Morgan fingerprint density at radius 1 is 1.08 bits per heavy atom. The molecule has 0 radical (unpaired) electrons. The molecule has 2 aromatic carbocycles. The first-order chi connectivity index (χ1) is 17.6. The first kappa shape index (κ1) is 25.9. The lowest BCUT2D eigenvalue weighted by Gasteiger charge is -2.25. The van der Waals surface area contributed by atoms with Crippen molar-refractivity contribution in [3.05, 3.63) is 100 Å². The van der Waals surface area contributed by atoms with Gasteiger partial charge in [0.05, 0.1) is 23.8 Å². The fraction of sp³-hybridized carbons (Fsp3) is 0.250. The highest BCUT2D eigenvalue weighted by atomic mass is 19.4. The fourth-order valence-corrected chi connectivity index (χ4v) is 4.30. The summed E-state index contributed by atoms with van der Waals surface area (Å²) in [5.41, 5.74) is 0.729. The lowest BCUT2D eigenvalue weighted by atomic mass is 9.95. The van der Waals surface area contributed by atoms with Gasteiger partial charge in [0.2, 0.25) is 0 Å². The molecular formula is C28H25F3N2O4. The molecule has 1 aliphatic rings. The molecule has 1 fully saturated rings. The van der Waals surface area contributed by atoms with Crippen LogP contribution in [0.15, 0.2) is 72.6 Å². The second-order valence-electron chi connectivity index (χ2n) is 8.73. The van der Waals surface area contributed by atoms with Gasteiger partial charge in [-0.2, -0.15) is 13.2 Å². The lowest BCUT2D eigenvalue weighted by molar-refractivity contribution is -0.140. The Hall–Kier alpha value is -4.14. The number of hydrogen-bond donors (Lipinski definition) is 1. The summed E-state index contributed by atoms with van der Waals surface area (Å²) < 4.78 is 45.4. The van der Waals surface area contributed by atoms with E-state index in [0.29, 0.717) is 23.5 Å². The Bertz CT molecular complexity index is 1350. The van der Waals surface area contributed by atoms with Gasteiger partial charge in [0, 0.05) is 24.5 Å². The minimum absolute atomic E-state index is 0.148. The number of rotatable bonds is 7. The Morgan fingerprint density at radius 2 is 1.81 bits per heavy atom. The molecular weight excluding hydrogens is 485 g/mol. The van der Waals surface area contributed by atoms with Crippen LogP contribution in [-0.4, -0.2) is 33.3 Å². The van der Waals surface area contributed by atoms with Crippen LogP contribution in [0, 0.1) is 6.92 Å². The Kier molecular flexibility index (Phi) is 7.33. The molecule has 1 N–H and O–H groups in total. The van der Waals surface area contributed by atoms with Crippen LogP contribution in [0.4, 0.5) is 13.2 Å². The summed E-state index contributed by atoms with van der Waals surface area (Å²) in [4.78, 5) is 31.5. The van der Waals surface area contributed by atoms with Crippen LogP contribution in [0.1, 0.15) is 47.2 Å². The third-order valence-corrected chi connectivity index (χ3v) is 6.08. The minimum Gasteiger partial charge on any atom is -0.507 e. The van der Waals surface area contributed by atoms with E-state index in [1.807, 2.05) is 6.92 Å². The van der Waals surface area contributed by atoms with Gasteiger partial charge >= 0.3 is 6.18 Å². The standard InChI is InChI=1S/C28H25F3N2O4/c1-3-13-37-22-8-7-20(14-17(22)2)25(34)23-24(19-9-11-32-12-10-19)33(27(36)26(23)35)16-18-5-4-6-21(15-18)28(29,30)31/h4-12,14-15,24,34H,3,13,16H2,1-2H3/b25-23+. The van der Waals surface area contributed by atoms with Gasteiger partial charge < -0.3 is 14.7 Å². The Balaban J connectivity index is 1.79. The topological polar surface area (TPSA) is 79.7 Å². The molecule has 1 saturated heterocycles. The number of pyridine rings is 1. The molecule has 4 rings (SSSR count). The number of aliphatic hydroxyl groups is 1. The molecule has 0 aliphatic carbocycles. The van der Waals surface area contributed by atoms with Gasteiger partial charge in [-0.15, -0.1) is 0 Å². The van der Waals surface area contributed by atoms with Gasteiger partial charge in [-0.05, 0) is 72.5 Å². The van der Waals surface area contributed by atoms with Gasteiger partial charge in [0.15, 0.2) is 0 Å². The van der Waals surface area contributed by atoms with Crippen LogP contribution in [0.2, 0.25) is 0 Å². The molecule has 0 bridgehead atoms. The van der Waals surface area contributed by atoms with Crippen molar-refractivity contribution in [1.82, 2.24) is 9.88 Å². The monoisotopic (exact) mass is 510 g/mol. The number of aliphatic hydroxyl groups excluding tert-OH is 1. The third-order valence-electron chi connectivity index (χ3n) is 6.08. The molecule has 1 amide bonds. The summed E-state index contributed by atoms with van der Waals surface area (Å²) in [6.07, 6.45) is -0.782. The van der Waals surface area contributed by atoms with Crippen LogP contribution < -0.4 is 4.74 Å². The molecule has 3 aromatic rings. The molecule has 37 heavy (non-hydrogen) atoms. The number of amides is 1. The SMILES string of the molecule is CCCOc1ccc(/C(O)=C2\C(=O)C(=O)N(Cc3cccc(C(F)(F)F)c3)C2c2ccncc2)cc1C. The van der Waals surface area contributed by atoms with Crippen molar-refractivity contribution >= 4 is 17.4 Å². The largest absolute Gasteiger partial charge is 0.507 e. The first-order valence-electron chi connectivity index (χ1n) is 11.7. The van der Waals surface area contributed by atoms with Crippen LogP contribution in [0.5, 0.6) is 5.75 Å². The van der Waals surface area contributed by atoms with Crippen molar-refractivity contribution in [1.29, 1.82) is 0 Å². The number of aromatic nitrogens is 1. The quantitative estimate of drug-likeness (QED) is 0.246. The van der Waals surface area contributed by atoms with Crippen molar-refractivity contribution in [2.75, 3.05) is 6.61 Å². The molecule has 0 saturated carbocycles. The molecule has 1 aromatic heterocycles. The number of ketones is 1. The van der Waals surface area contributed by atoms with E-state index in [4.69, 9.17) is 4.74 Å². The molecule has 1 aliphatic heterocycles. The van der Waals surface area contributed by atoms with Crippen molar-refractivity contribution in [2.45, 2.75) is 39.0 Å². The third kappa shape index (κ3) is 5.35. The second kappa shape index (κ2) is 10.5. The van der Waals surface area contributed by atoms with Crippen molar-refractivity contribution in [3.8, 4) is 5.75 Å². The van der Waals surface area contributed by atoms with Gasteiger partial charge in [0.25, 0.3) is 11.7 Å². The number of halogens is 3. The molecule has 2 heterocycles. The normalized spacial score (nSPS) is 17.3. The average molecular weight is 511 g/mol. The zero-order valence-corrected chi connectivity index (χ0v) is 20.2. The van der Waals surface area contributed by atoms with E-state index in [1.54, 1.807) is 37.3 Å². The smallest absolute Gasteiger partial charge is 0.416 e. The van der Waals surface area contributed by atoms with E-state index < -0.39 is 29.5 Å². The highest BCUT2D eigenvalue weighted by molar-refractivity contribution is 6.46. The number of ether oxygens (including phenoxy) is 1.